The molecule has 0 aliphatic heterocycles. The van der Waals surface area contributed by atoms with Gasteiger partial charge in [-0.05, 0) is 68.4 Å². The topological polar surface area (TPSA) is 0 Å². The molecule has 8 rings (SSSR count). The number of hydrogen-bond donors (Lipinski definition) is 0. The van der Waals surface area contributed by atoms with Gasteiger partial charge < -0.3 is 0 Å². The summed E-state index contributed by atoms with van der Waals surface area (Å²) < 4.78 is 0. The molecule has 0 unspecified atom stereocenters. The summed E-state index contributed by atoms with van der Waals surface area (Å²) in [5.41, 5.74) is 13.7. The molecule has 0 bridgehead atoms. The molecule has 0 N–H and O–H groups in total. The van der Waals surface area contributed by atoms with Crippen molar-refractivity contribution in [3.05, 3.63) is 118 Å². The molecule has 0 spiro atoms. The maximum Gasteiger partial charge on any atom is 0.115 e. The lowest BCUT2D eigenvalue weighted by molar-refractivity contribution is 0.749. The highest BCUT2D eigenvalue weighted by Gasteiger charge is 2.55. The van der Waals surface area contributed by atoms with Crippen molar-refractivity contribution in [1.82, 2.24) is 0 Å². The van der Waals surface area contributed by atoms with E-state index < -0.39 is 24.2 Å². The van der Waals surface area contributed by atoms with Crippen LogP contribution in [0.3, 0.4) is 0 Å². The molecular formula is C46H56Si3. The minimum Gasteiger partial charge on any atom is -0.0704 e. The molecule has 0 nitrogen and oxygen atoms in total. The molecule has 4 aliphatic rings. The monoisotopic (exact) mass is 692 g/mol. The Labute approximate surface area is 299 Å². The fraction of sp³-hybridized carbons (Fsp3) is 0.391. The second-order valence-electron chi connectivity index (χ2n) is 17.9. The van der Waals surface area contributed by atoms with Crippen LogP contribution < -0.4 is 10.4 Å². The average molecular weight is 693 g/mol. The van der Waals surface area contributed by atoms with Gasteiger partial charge in [-0.3, -0.25) is 0 Å². The first-order valence-electron chi connectivity index (χ1n) is 19.4. The summed E-state index contributed by atoms with van der Waals surface area (Å²) in [6.45, 7) is 14.7. The predicted octanol–water partition coefficient (Wildman–Crippen LogP) is 12.1. The molecular weight excluding hydrogens is 637 g/mol. The van der Waals surface area contributed by atoms with Gasteiger partial charge in [0.05, 0.1) is 16.1 Å². The van der Waals surface area contributed by atoms with Crippen molar-refractivity contribution in [3.63, 3.8) is 0 Å². The SMILES string of the molecule is C[Si](C)(C)c1ccc(-c2cccc3c2C=C([Si](C2=Cc4c(cccc4-c4ccc([Si](C)(C)C)cc4)C2)(C2CCCC2)C2CCCC2)C3)cc1. The Bertz CT molecular complexity index is 1770. The van der Waals surface area contributed by atoms with E-state index in [-0.39, 0.29) is 0 Å². The molecule has 252 valence electrons. The van der Waals surface area contributed by atoms with E-state index in [2.05, 4.69) is 136 Å². The Balaban J connectivity index is 1.25. The molecule has 4 aliphatic carbocycles. The highest BCUT2D eigenvalue weighted by molar-refractivity contribution is 6.96. The lowest BCUT2D eigenvalue weighted by atomic mass is 9.97. The van der Waals surface area contributed by atoms with Gasteiger partial charge in [0.1, 0.15) is 8.07 Å². The van der Waals surface area contributed by atoms with Crippen LogP contribution in [0, 0.1) is 0 Å². The van der Waals surface area contributed by atoms with Crippen molar-refractivity contribution in [3.8, 4) is 22.3 Å². The summed E-state index contributed by atoms with van der Waals surface area (Å²) in [6, 6.07) is 33.8. The lowest BCUT2D eigenvalue weighted by Crippen LogP contribution is -2.48. The average Bonchev–Trinajstić information content (AvgIpc) is 3.92. The number of benzene rings is 4. The van der Waals surface area contributed by atoms with E-state index in [4.69, 9.17) is 0 Å². The van der Waals surface area contributed by atoms with Gasteiger partial charge in [0.25, 0.3) is 0 Å². The van der Waals surface area contributed by atoms with Gasteiger partial charge in [-0.2, -0.15) is 0 Å². The largest absolute Gasteiger partial charge is 0.115 e. The van der Waals surface area contributed by atoms with Crippen molar-refractivity contribution in [2.45, 2.75) is 115 Å². The van der Waals surface area contributed by atoms with Crippen LogP contribution in [0.1, 0.15) is 73.6 Å². The quantitative estimate of drug-likeness (QED) is 0.161. The first-order chi connectivity index (χ1) is 23.5. The third-order valence-corrected chi connectivity index (χ3v) is 23.6. The van der Waals surface area contributed by atoms with Gasteiger partial charge in [-0.25, -0.2) is 0 Å². The van der Waals surface area contributed by atoms with Gasteiger partial charge in [0.15, 0.2) is 0 Å². The van der Waals surface area contributed by atoms with E-state index >= 15 is 0 Å². The zero-order valence-electron chi connectivity index (χ0n) is 31.0. The Morgan fingerprint density at radius 3 is 1.16 bits per heavy atom. The van der Waals surface area contributed by atoms with Crippen LogP contribution in [0.5, 0.6) is 0 Å². The summed E-state index contributed by atoms with van der Waals surface area (Å²) in [4.78, 5) is 0. The molecule has 2 fully saturated rings. The van der Waals surface area contributed by atoms with Gasteiger partial charge >= 0.3 is 0 Å². The van der Waals surface area contributed by atoms with Crippen LogP contribution in [0.4, 0.5) is 0 Å². The smallest absolute Gasteiger partial charge is 0.0704 e. The van der Waals surface area contributed by atoms with E-state index in [9.17, 15) is 0 Å². The summed E-state index contributed by atoms with van der Waals surface area (Å²) >= 11 is 0. The van der Waals surface area contributed by atoms with Crippen LogP contribution in [-0.4, -0.2) is 24.2 Å². The summed E-state index contributed by atoms with van der Waals surface area (Å²) in [7, 11) is -4.71. The van der Waals surface area contributed by atoms with Crippen LogP contribution in [-0.2, 0) is 12.8 Å². The number of hydrogen-bond acceptors (Lipinski definition) is 0. The lowest BCUT2D eigenvalue weighted by Gasteiger charge is -2.45. The highest BCUT2D eigenvalue weighted by atomic mass is 28.3. The van der Waals surface area contributed by atoms with Crippen molar-refractivity contribution in [2.75, 3.05) is 0 Å². The summed E-state index contributed by atoms with van der Waals surface area (Å²) in [5, 5.41) is 6.86. The minimum atomic E-state index is -2.04. The van der Waals surface area contributed by atoms with Crippen LogP contribution >= 0.6 is 0 Å². The number of rotatable bonds is 8. The van der Waals surface area contributed by atoms with Crippen LogP contribution in [0.2, 0.25) is 50.4 Å². The standard InChI is InChI=1S/C46H56Si3/c1-47(2,3)37-25-21-33(22-26-37)43-19-11-13-35-29-41(31-45(35)43)49(39-15-7-8-16-39,40-17-9-10-18-40)42-30-36-14-12-20-44(46(36)32-42)34-23-27-38(28-24-34)48(4,5)6/h11-14,19-28,31-32,39-40H,7-10,15-18,29-30H2,1-6H3. The Morgan fingerprint density at radius 2 is 0.816 bits per heavy atom. The first-order valence-corrected chi connectivity index (χ1v) is 28.6. The molecule has 0 atom stereocenters. The number of allylic oxidation sites excluding steroid dienone is 2. The van der Waals surface area contributed by atoms with E-state index in [1.807, 2.05) is 10.4 Å². The van der Waals surface area contributed by atoms with Crippen molar-refractivity contribution in [1.29, 1.82) is 0 Å². The van der Waals surface area contributed by atoms with Gasteiger partial charge in [-0.15, -0.1) is 0 Å². The highest BCUT2D eigenvalue weighted by Crippen LogP contribution is 2.60. The van der Waals surface area contributed by atoms with Crippen LogP contribution in [0.15, 0.2) is 95.3 Å². The van der Waals surface area contributed by atoms with Gasteiger partial charge in [0, 0.05) is 0 Å². The summed E-state index contributed by atoms with van der Waals surface area (Å²) in [6.07, 6.45) is 19.4. The van der Waals surface area contributed by atoms with E-state index in [0.717, 1.165) is 11.1 Å². The molecule has 4 aromatic carbocycles. The molecule has 4 aromatic rings. The zero-order valence-corrected chi connectivity index (χ0v) is 34.0. The third-order valence-electron chi connectivity index (χ3n) is 13.0. The Kier molecular flexibility index (Phi) is 8.57. The zero-order chi connectivity index (χ0) is 34.0. The Morgan fingerprint density at radius 1 is 0.449 bits per heavy atom. The minimum absolute atomic E-state index is 0.885. The van der Waals surface area contributed by atoms with Crippen LogP contribution in [0.25, 0.3) is 34.4 Å². The molecule has 0 amide bonds. The predicted molar refractivity (Wildman–Crippen MR) is 223 cm³/mol. The van der Waals surface area contributed by atoms with E-state index in [0.29, 0.717) is 0 Å². The molecule has 0 radical (unpaired) electrons. The van der Waals surface area contributed by atoms with Crippen molar-refractivity contribution in [2.24, 2.45) is 0 Å². The van der Waals surface area contributed by atoms with Gasteiger partial charge in [0.2, 0.25) is 0 Å². The third kappa shape index (κ3) is 5.88. The molecule has 2 saturated carbocycles. The summed E-state index contributed by atoms with van der Waals surface area (Å²) in [5.74, 6) is 0. The van der Waals surface area contributed by atoms with E-state index in [1.54, 1.807) is 21.5 Å². The Hall–Kier alpha value is -2.99. The fourth-order valence-electron chi connectivity index (χ4n) is 10.4. The van der Waals surface area contributed by atoms with Crippen molar-refractivity contribution >= 4 is 46.7 Å². The maximum atomic E-state index is 2.79. The number of fused-ring (bicyclic) bond motifs is 2. The van der Waals surface area contributed by atoms with Gasteiger partial charge in [-0.1, -0.05) is 208 Å². The van der Waals surface area contributed by atoms with Crippen molar-refractivity contribution < 1.29 is 0 Å². The first kappa shape index (κ1) is 33.2. The fourth-order valence-corrected chi connectivity index (χ4v) is 20.3. The molecule has 0 aromatic heterocycles. The normalized spacial score (nSPS) is 18.5. The maximum absolute atomic E-state index is 2.79. The molecule has 0 saturated heterocycles. The molecule has 3 heteroatoms. The second kappa shape index (κ2) is 12.7. The second-order valence-corrected chi connectivity index (χ2v) is 32.7. The molecule has 49 heavy (non-hydrogen) atoms. The molecule has 0 heterocycles. The van der Waals surface area contributed by atoms with E-state index in [1.165, 1.54) is 97.6 Å².